The summed E-state index contributed by atoms with van der Waals surface area (Å²) in [6.07, 6.45) is -3.17. The molecule has 0 amide bonds. The number of aliphatic hydroxyl groups is 1. The Kier molecular flexibility index (Phi) is 2.54. The average molecular weight is 246 g/mol. The lowest BCUT2D eigenvalue weighted by Crippen LogP contribution is -2.49. The molecule has 92 valence electrons. The van der Waals surface area contributed by atoms with Gasteiger partial charge in [0.25, 0.3) is 0 Å². The van der Waals surface area contributed by atoms with Crippen LogP contribution < -0.4 is 9.47 Å². The SMILES string of the molecule is COc1ccc2c(c1)OC(O)(C(F)(F)F)C=C2. The zero-order chi connectivity index (χ0) is 12.7. The van der Waals surface area contributed by atoms with E-state index in [2.05, 4.69) is 4.74 Å². The van der Waals surface area contributed by atoms with Crippen molar-refractivity contribution < 1.29 is 27.8 Å². The maximum Gasteiger partial charge on any atom is 0.459 e. The smallest absolute Gasteiger partial charge is 0.459 e. The zero-order valence-corrected chi connectivity index (χ0v) is 8.78. The summed E-state index contributed by atoms with van der Waals surface area (Å²) < 4.78 is 47.1. The monoisotopic (exact) mass is 246 g/mol. The molecule has 0 radical (unpaired) electrons. The van der Waals surface area contributed by atoms with E-state index in [-0.39, 0.29) is 5.75 Å². The van der Waals surface area contributed by atoms with Gasteiger partial charge in [-0.05, 0) is 24.3 Å². The Morgan fingerprint density at radius 3 is 2.65 bits per heavy atom. The highest BCUT2D eigenvalue weighted by Gasteiger charge is 2.56. The first-order valence-corrected chi connectivity index (χ1v) is 4.71. The van der Waals surface area contributed by atoms with Crippen LogP contribution >= 0.6 is 0 Å². The summed E-state index contributed by atoms with van der Waals surface area (Å²) in [6, 6.07) is 4.42. The van der Waals surface area contributed by atoms with Gasteiger partial charge in [-0.2, -0.15) is 13.2 Å². The molecular weight excluding hydrogens is 237 g/mol. The van der Waals surface area contributed by atoms with Crippen LogP contribution in [0.3, 0.4) is 0 Å². The number of methoxy groups -OCH3 is 1. The Bertz CT molecular complexity index is 468. The van der Waals surface area contributed by atoms with Crippen LogP contribution in [0.4, 0.5) is 13.2 Å². The third kappa shape index (κ3) is 1.95. The van der Waals surface area contributed by atoms with E-state index >= 15 is 0 Å². The summed E-state index contributed by atoms with van der Waals surface area (Å²) in [5.41, 5.74) is 0.444. The molecule has 1 atom stereocenters. The van der Waals surface area contributed by atoms with E-state index < -0.39 is 12.0 Å². The van der Waals surface area contributed by atoms with Crippen molar-refractivity contribution in [1.82, 2.24) is 0 Å². The third-order valence-electron chi connectivity index (χ3n) is 2.38. The van der Waals surface area contributed by atoms with Crippen LogP contribution in [0.15, 0.2) is 24.3 Å². The van der Waals surface area contributed by atoms with E-state index in [1.54, 1.807) is 12.1 Å². The number of ether oxygens (including phenoxy) is 2. The van der Waals surface area contributed by atoms with E-state index in [4.69, 9.17) is 4.74 Å². The van der Waals surface area contributed by atoms with Crippen LogP contribution in [0.2, 0.25) is 0 Å². The van der Waals surface area contributed by atoms with Gasteiger partial charge in [0.1, 0.15) is 11.5 Å². The minimum Gasteiger partial charge on any atom is -0.497 e. The molecule has 3 nitrogen and oxygen atoms in total. The molecule has 1 aromatic carbocycles. The lowest BCUT2D eigenvalue weighted by atomic mass is 10.1. The lowest BCUT2D eigenvalue weighted by molar-refractivity contribution is -0.311. The summed E-state index contributed by atoms with van der Waals surface area (Å²) in [4.78, 5) is 0. The van der Waals surface area contributed by atoms with Crippen molar-refractivity contribution in [3.63, 3.8) is 0 Å². The molecule has 0 fully saturated rings. The van der Waals surface area contributed by atoms with Crippen LogP contribution in [0.5, 0.6) is 11.5 Å². The Labute approximate surface area is 95.1 Å². The number of hydrogen-bond acceptors (Lipinski definition) is 3. The van der Waals surface area contributed by atoms with Gasteiger partial charge in [0.2, 0.25) is 0 Å². The van der Waals surface area contributed by atoms with Crippen molar-refractivity contribution in [2.75, 3.05) is 7.11 Å². The number of halogens is 3. The highest BCUT2D eigenvalue weighted by molar-refractivity contribution is 5.62. The molecule has 1 aliphatic heterocycles. The first kappa shape index (κ1) is 11.8. The largest absolute Gasteiger partial charge is 0.497 e. The fraction of sp³-hybridized carbons (Fsp3) is 0.273. The van der Waals surface area contributed by atoms with Gasteiger partial charge >= 0.3 is 12.0 Å². The quantitative estimate of drug-likeness (QED) is 0.826. The van der Waals surface area contributed by atoms with Gasteiger partial charge in [-0.15, -0.1) is 0 Å². The van der Waals surface area contributed by atoms with Crippen LogP contribution in [0.1, 0.15) is 5.56 Å². The van der Waals surface area contributed by atoms with Crippen molar-refractivity contribution >= 4 is 6.08 Å². The van der Waals surface area contributed by atoms with Gasteiger partial charge in [-0.25, -0.2) is 0 Å². The van der Waals surface area contributed by atoms with Crippen molar-refractivity contribution in [3.8, 4) is 11.5 Å². The molecule has 0 aromatic heterocycles. The van der Waals surface area contributed by atoms with Crippen molar-refractivity contribution in [1.29, 1.82) is 0 Å². The number of rotatable bonds is 1. The van der Waals surface area contributed by atoms with E-state index in [0.29, 0.717) is 17.4 Å². The molecule has 1 N–H and O–H groups in total. The highest BCUT2D eigenvalue weighted by atomic mass is 19.4. The molecule has 0 spiro atoms. The van der Waals surface area contributed by atoms with Crippen LogP contribution in [-0.2, 0) is 0 Å². The molecule has 6 heteroatoms. The summed E-state index contributed by atoms with van der Waals surface area (Å²) in [6.45, 7) is 0. The predicted octanol–water partition coefficient (Wildman–Crippen LogP) is 2.35. The number of fused-ring (bicyclic) bond motifs is 1. The topological polar surface area (TPSA) is 38.7 Å². The van der Waals surface area contributed by atoms with E-state index in [9.17, 15) is 18.3 Å². The second-order valence-electron chi connectivity index (χ2n) is 3.53. The summed E-state index contributed by atoms with van der Waals surface area (Å²) in [7, 11) is 1.39. The van der Waals surface area contributed by atoms with E-state index in [1.165, 1.54) is 13.2 Å². The summed E-state index contributed by atoms with van der Waals surface area (Å²) >= 11 is 0. The van der Waals surface area contributed by atoms with Gasteiger partial charge in [-0.3, -0.25) is 0 Å². The molecule has 0 saturated carbocycles. The molecule has 1 heterocycles. The third-order valence-corrected chi connectivity index (χ3v) is 2.38. The first-order chi connectivity index (χ1) is 7.86. The predicted molar refractivity (Wildman–Crippen MR) is 53.7 cm³/mol. The van der Waals surface area contributed by atoms with Crippen molar-refractivity contribution in [2.45, 2.75) is 12.0 Å². The lowest BCUT2D eigenvalue weighted by Gasteiger charge is -2.31. The van der Waals surface area contributed by atoms with Crippen LogP contribution in [-0.4, -0.2) is 24.2 Å². The summed E-state index contributed by atoms with van der Waals surface area (Å²) in [5, 5.41) is 9.34. The van der Waals surface area contributed by atoms with Crippen molar-refractivity contribution in [3.05, 3.63) is 29.8 Å². The standard InChI is InChI=1S/C11H9F3O3/c1-16-8-3-2-7-4-5-10(15,11(12,13)14)17-9(7)6-8/h2-6,15H,1H3. The minimum absolute atomic E-state index is 0.0772. The number of alkyl halides is 3. The highest BCUT2D eigenvalue weighted by Crippen LogP contribution is 2.40. The molecule has 2 rings (SSSR count). The zero-order valence-electron chi connectivity index (χ0n) is 8.78. The number of hydrogen-bond donors (Lipinski definition) is 1. The van der Waals surface area contributed by atoms with Gasteiger partial charge in [0, 0.05) is 11.6 Å². The Morgan fingerprint density at radius 2 is 2.06 bits per heavy atom. The summed E-state index contributed by atoms with van der Waals surface area (Å²) in [5.74, 6) is -3.01. The second-order valence-corrected chi connectivity index (χ2v) is 3.53. The van der Waals surface area contributed by atoms with E-state index in [0.717, 1.165) is 6.08 Å². The van der Waals surface area contributed by atoms with Crippen molar-refractivity contribution in [2.24, 2.45) is 0 Å². The first-order valence-electron chi connectivity index (χ1n) is 4.71. The molecule has 1 aromatic rings. The average Bonchev–Trinajstić information content (AvgIpc) is 2.26. The Balaban J connectivity index is 2.41. The molecule has 1 aliphatic rings. The van der Waals surface area contributed by atoms with Crippen LogP contribution in [0.25, 0.3) is 6.08 Å². The van der Waals surface area contributed by atoms with Gasteiger partial charge in [0.05, 0.1) is 7.11 Å². The Hall–Kier alpha value is -1.69. The molecule has 17 heavy (non-hydrogen) atoms. The Morgan fingerprint density at radius 1 is 1.35 bits per heavy atom. The molecule has 0 bridgehead atoms. The fourth-order valence-corrected chi connectivity index (χ4v) is 1.42. The molecule has 0 saturated heterocycles. The fourth-order valence-electron chi connectivity index (χ4n) is 1.42. The second kappa shape index (κ2) is 3.66. The van der Waals surface area contributed by atoms with Gasteiger partial charge in [-0.1, -0.05) is 0 Å². The number of benzene rings is 1. The maximum absolute atomic E-state index is 12.5. The van der Waals surface area contributed by atoms with Gasteiger partial charge in [0.15, 0.2) is 0 Å². The van der Waals surface area contributed by atoms with E-state index in [1.807, 2.05) is 0 Å². The van der Waals surface area contributed by atoms with Crippen LogP contribution in [0, 0.1) is 0 Å². The van der Waals surface area contributed by atoms with Gasteiger partial charge < -0.3 is 14.6 Å². The normalized spacial score (nSPS) is 22.9. The molecule has 1 unspecified atom stereocenters. The molecular formula is C11H9F3O3. The minimum atomic E-state index is -4.90. The maximum atomic E-state index is 12.5. The molecule has 0 aliphatic carbocycles.